The maximum Gasteiger partial charge on any atom is 0.343 e. The highest BCUT2D eigenvalue weighted by Crippen LogP contribution is 2.33. The molecule has 0 fully saturated rings. The van der Waals surface area contributed by atoms with Crippen LogP contribution in [0.4, 0.5) is 0 Å². The zero-order valence-corrected chi connectivity index (χ0v) is 21.5. The number of aryl methyl sites for hydroxylation is 1. The Labute approximate surface area is 212 Å². The maximum atomic E-state index is 13.1. The summed E-state index contributed by atoms with van der Waals surface area (Å²) in [4.78, 5) is 30.4. The number of esters is 1. The summed E-state index contributed by atoms with van der Waals surface area (Å²) in [6.07, 6.45) is 1.99. The Bertz CT molecular complexity index is 1460. The molecule has 4 rings (SSSR count). The van der Waals surface area contributed by atoms with Gasteiger partial charge in [0.15, 0.2) is 5.75 Å². The number of hydrogen-bond acceptors (Lipinski definition) is 6. The lowest BCUT2D eigenvalue weighted by Gasteiger charge is -2.11. The van der Waals surface area contributed by atoms with Crippen molar-refractivity contribution < 1.29 is 14.3 Å². The number of methoxy groups -OCH3 is 1. The Morgan fingerprint density at radius 1 is 1.12 bits per heavy atom. The first-order valence-electron chi connectivity index (χ1n) is 10.3. The number of fused-ring (bicyclic) bond motifs is 1. The molecule has 3 aromatic carbocycles. The van der Waals surface area contributed by atoms with E-state index in [4.69, 9.17) is 9.47 Å². The molecule has 7 nitrogen and oxygen atoms in total. The largest absolute Gasteiger partial charge is 0.497 e. The summed E-state index contributed by atoms with van der Waals surface area (Å²) in [6, 6.07) is 17.2. The number of hydrogen-bond donors (Lipinski definition) is 0. The third-order valence-corrected chi connectivity index (χ3v) is 6.05. The summed E-state index contributed by atoms with van der Waals surface area (Å²) in [5, 5.41) is 4.88. The van der Waals surface area contributed by atoms with Gasteiger partial charge in [0.2, 0.25) is 0 Å². The zero-order chi connectivity index (χ0) is 24.2. The van der Waals surface area contributed by atoms with E-state index in [1.165, 1.54) is 10.9 Å². The standard InChI is InChI=1S/C25H19Br2N3O4/c1-3-22-29-21-7-5-4-6-19(21)24(31)30(22)28-14-16-12-17(26)13-20(27)23(16)34-25(32)15-8-10-18(33-2)11-9-15/h4-14H,3H2,1-2H3. The van der Waals surface area contributed by atoms with Gasteiger partial charge in [-0.05, 0) is 64.5 Å². The Morgan fingerprint density at radius 2 is 1.85 bits per heavy atom. The molecule has 34 heavy (non-hydrogen) atoms. The molecule has 0 bridgehead atoms. The van der Waals surface area contributed by atoms with Gasteiger partial charge in [-0.25, -0.2) is 9.78 Å². The molecule has 0 atom stereocenters. The molecule has 0 radical (unpaired) electrons. The van der Waals surface area contributed by atoms with Gasteiger partial charge in [-0.1, -0.05) is 35.0 Å². The van der Waals surface area contributed by atoms with Crippen LogP contribution in [-0.4, -0.2) is 29.0 Å². The first-order chi connectivity index (χ1) is 16.4. The monoisotopic (exact) mass is 583 g/mol. The van der Waals surface area contributed by atoms with Gasteiger partial charge in [0.25, 0.3) is 5.56 Å². The Hall–Kier alpha value is -3.30. The van der Waals surface area contributed by atoms with Crippen molar-refractivity contribution in [2.75, 3.05) is 7.11 Å². The molecule has 0 amide bonds. The fraction of sp³-hybridized carbons (Fsp3) is 0.120. The van der Waals surface area contributed by atoms with Crippen LogP contribution in [0.2, 0.25) is 0 Å². The highest BCUT2D eigenvalue weighted by atomic mass is 79.9. The summed E-state index contributed by atoms with van der Waals surface area (Å²) < 4.78 is 13.4. The number of aromatic nitrogens is 2. The van der Waals surface area contributed by atoms with Crippen LogP contribution >= 0.6 is 31.9 Å². The first-order valence-corrected chi connectivity index (χ1v) is 11.9. The molecule has 0 saturated carbocycles. The SMILES string of the molecule is CCc1nc2ccccc2c(=O)n1N=Cc1cc(Br)cc(Br)c1OC(=O)c1ccc(OC)cc1. The second kappa shape index (κ2) is 10.3. The molecule has 172 valence electrons. The van der Waals surface area contributed by atoms with E-state index in [1.807, 2.05) is 13.0 Å². The fourth-order valence-electron chi connectivity index (χ4n) is 3.30. The fourth-order valence-corrected chi connectivity index (χ4v) is 4.64. The van der Waals surface area contributed by atoms with Crippen molar-refractivity contribution in [3.05, 3.63) is 96.9 Å². The van der Waals surface area contributed by atoms with Crippen LogP contribution in [0, 0.1) is 0 Å². The van der Waals surface area contributed by atoms with Crippen LogP contribution in [0.1, 0.15) is 28.7 Å². The number of benzene rings is 3. The summed E-state index contributed by atoms with van der Waals surface area (Å²) in [7, 11) is 1.55. The van der Waals surface area contributed by atoms with Crippen molar-refractivity contribution in [2.45, 2.75) is 13.3 Å². The minimum absolute atomic E-state index is 0.271. The van der Waals surface area contributed by atoms with Crippen molar-refractivity contribution in [2.24, 2.45) is 5.10 Å². The number of para-hydroxylation sites is 1. The Morgan fingerprint density at radius 3 is 2.56 bits per heavy atom. The molecular formula is C25H19Br2N3O4. The van der Waals surface area contributed by atoms with E-state index in [0.29, 0.717) is 44.5 Å². The van der Waals surface area contributed by atoms with E-state index in [2.05, 4.69) is 41.9 Å². The maximum absolute atomic E-state index is 13.1. The van der Waals surface area contributed by atoms with Crippen molar-refractivity contribution in [1.82, 2.24) is 9.66 Å². The zero-order valence-electron chi connectivity index (χ0n) is 18.3. The Kier molecular flexibility index (Phi) is 7.23. The van der Waals surface area contributed by atoms with Crippen LogP contribution in [0.25, 0.3) is 10.9 Å². The number of carbonyl (C=O) groups is 1. The molecule has 9 heteroatoms. The number of nitrogens with zero attached hydrogens (tertiary/aromatic N) is 3. The molecule has 0 saturated heterocycles. The van der Waals surface area contributed by atoms with E-state index in [9.17, 15) is 9.59 Å². The van der Waals surface area contributed by atoms with Gasteiger partial charge in [0.05, 0.1) is 34.3 Å². The minimum atomic E-state index is -0.542. The average Bonchev–Trinajstić information content (AvgIpc) is 2.85. The lowest BCUT2D eigenvalue weighted by molar-refractivity contribution is 0.0733. The van der Waals surface area contributed by atoms with Gasteiger partial charge in [-0.2, -0.15) is 9.78 Å². The van der Waals surface area contributed by atoms with E-state index in [1.54, 1.807) is 61.7 Å². The quantitative estimate of drug-likeness (QED) is 0.167. The molecule has 0 aliphatic rings. The van der Waals surface area contributed by atoms with Crippen LogP contribution in [0.3, 0.4) is 0 Å². The molecule has 0 unspecified atom stereocenters. The van der Waals surface area contributed by atoms with E-state index >= 15 is 0 Å². The highest BCUT2D eigenvalue weighted by Gasteiger charge is 2.16. The summed E-state index contributed by atoms with van der Waals surface area (Å²) in [5.74, 6) is 0.882. The molecule has 4 aromatic rings. The highest BCUT2D eigenvalue weighted by molar-refractivity contribution is 9.11. The van der Waals surface area contributed by atoms with Crippen molar-refractivity contribution in [3.63, 3.8) is 0 Å². The number of halogens is 2. The summed E-state index contributed by atoms with van der Waals surface area (Å²) in [6.45, 7) is 1.90. The third-order valence-electron chi connectivity index (χ3n) is 5.01. The second-order valence-electron chi connectivity index (χ2n) is 7.18. The summed E-state index contributed by atoms with van der Waals surface area (Å²) >= 11 is 6.90. The molecule has 1 aromatic heterocycles. The van der Waals surface area contributed by atoms with Crippen LogP contribution < -0.4 is 15.0 Å². The van der Waals surface area contributed by atoms with Crippen LogP contribution in [0.5, 0.6) is 11.5 Å². The first kappa shape index (κ1) is 23.8. The predicted molar refractivity (Wildman–Crippen MR) is 138 cm³/mol. The topological polar surface area (TPSA) is 82.8 Å². The van der Waals surface area contributed by atoms with Crippen molar-refractivity contribution in [3.8, 4) is 11.5 Å². The number of ether oxygens (including phenoxy) is 2. The molecule has 0 aliphatic carbocycles. The van der Waals surface area contributed by atoms with Gasteiger partial charge in [-0.15, -0.1) is 0 Å². The molecule has 0 aliphatic heterocycles. The number of carbonyl (C=O) groups excluding carboxylic acids is 1. The van der Waals surface area contributed by atoms with Crippen molar-refractivity contribution in [1.29, 1.82) is 0 Å². The number of rotatable bonds is 6. The van der Waals surface area contributed by atoms with Gasteiger partial charge in [-0.3, -0.25) is 4.79 Å². The van der Waals surface area contributed by atoms with Gasteiger partial charge in [0, 0.05) is 16.5 Å². The lowest BCUT2D eigenvalue weighted by atomic mass is 10.2. The summed E-state index contributed by atoms with van der Waals surface area (Å²) in [5.41, 5.74) is 1.20. The second-order valence-corrected chi connectivity index (χ2v) is 8.95. The van der Waals surface area contributed by atoms with Crippen molar-refractivity contribution >= 4 is 54.9 Å². The smallest absolute Gasteiger partial charge is 0.343 e. The average molecular weight is 585 g/mol. The third kappa shape index (κ3) is 4.95. The van der Waals surface area contributed by atoms with E-state index < -0.39 is 5.97 Å². The predicted octanol–water partition coefficient (Wildman–Crippen LogP) is 5.59. The lowest BCUT2D eigenvalue weighted by Crippen LogP contribution is -2.22. The minimum Gasteiger partial charge on any atom is -0.497 e. The van der Waals surface area contributed by atoms with E-state index in [0.717, 1.165) is 4.47 Å². The molecule has 0 N–H and O–H groups in total. The van der Waals surface area contributed by atoms with Gasteiger partial charge < -0.3 is 9.47 Å². The van der Waals surface area contributed by atoms with Crippen LogP contribution in [-0.2, 0) is 6.42 Å². The molecular weight excluding hydrogens is 566 g/mol. The molecule has 0 spiro atoms. The van der Waals surface area contributed by atoms with Gasteiger partial charge >= 0.3 is 5.97 Å². The normalized spacial score (nSPS) is 11.2. The van der Waals surface area contributed by atoms with E-state index in [-0.39, 0.29) is 11.3 Å². The van der Waals surface area contributed by atoms with Gasteiger partial charge in [0.1, 0.15) is 11.6 Å². The molecule has 1 heterocycles. The Balaban J connectivity index is 1.74. The van der Waals surface area contributed by atoms with Crippen LogP contribution in [0.15, 0.2) is 79.5 Å².